The highest BCUT2D eigenvalue weighted by molar-refractivity contribution is 6.42. The molecule has 0 heterocycles. The van der Waals surface area contributed by atoms with Crippen LogP contribution in [0.5, 0.6) is 0 Å². The molecule has 0 aliphatic carbocycles. The van der Waals surface area contributed by atoms with Crippen molar-refractivity contribution in [3.05, 3.63) is 67.6 Å². The van der Waals surface area contributed by atoms with E-state index in [4.69, 9.17) is 46.4 Å². The second-order valence-electron chi connectivity index (χ2n) is 4.04. The maximum Gasteiger partial charge on any atom is 0.0630 e. The summed E-state index contributed by atoms with van der Waals surface area (Å²) in [6.07, 6.45) is 0. The van der Waals surface area contributed by atoms with Crippen LogP contribution in [0.15, 0.2) is 36.4 Å². The van der Waals surface area contributed by atoms with E-state index in [9.17, 15) is 0 Å². The van der Waals surface area contributed by atoms with Crippen LogP contribution in [0.25, 0.3) is 0 Å². The topological polar surface area (TPSA) is 0 Å². The van der Waals surface area contributed by atoms with Gasteiger partial charge in [-0.1, -0.05) is 71.5 Å². The first-order chi connectivity index (χ1) is 8.50. The van der Waals surface area contributed by atoms with Crippen molar-refractivity contribution in [1.29, 1.82) is 0 Å². The SMILES string of the molecule is CC(c1ccc(Cl)c(Cl)c1)c1cccc(Cl)c1Cl. The van der Waals surface area contributed by atoms with E-state index < -0.39 is 0 Å². The Hall–Kier alpha value is -0.400. The Morgan fingerprint density at radius 2 is 1.56 bits per heavy atom. The number of hydrogen-bond acceptors (Lipinski definition) is 0. The number of benzene rings is 2. The van der Waals surface area contributed by atoms with Gasteiger partial charge in [-0.25, -0.2) is 0 Å². The highest BCUT2D eigenvalue weighted by Gasteiger charge is 2.14. The average molecular weight is 320 g/mol. The summed E-state index contributed by atoms with van der Waals surface area (Å²) < 4.78 is 0. The standard InChI is InChI=1S/C14H10Cl4/c1-8(9-5-6-11(15)13(17)7-9)10-3-2-4-12(16)14(10)18/h2-8H,1H3. The van der Waals surface area contributed by atoms with E-state index in [-0.39, 0.29) is 5.92 Å². The molecule has 18 heavy (non-hydrogen) atoms. The molecule has 0 saturated heterocycles. The fourth-order valence-electron chi connectivity index (χ4n) is 1.82. The summed E-state index contributed by atoms with van der Waals surface area (Å²) in [5.74, 6) is 0.103. The zero-order chi connectivity index (χ0) is 13.3. The second-order valence-corrected chi connectivity index (χ2v) is 5.64. The minimum atomic E-state index is 0.103. The van der Waals surface area contributed by atoms with Crippen LogP contribution in [0.4, 0.5) is 0 Å². The summed E-state index contributed by atoms with van der Waals surface area (Å²) in [4.78, 5) is 0. The van der Waals surface area contributed by atoms with Gasteiger partial charge in [0.25, 0.3) is 0 Å². The zero-order valence-corrected chi connectivity index (χ0v) is 12.6. The van der Waals surface area contributed by atoms with Crippen LogP contribution < -0.4 is 0 Å². The van der Waals surface area contributed by atoms with Gasteiger partial charge in [0.2, 0.25) is 0 Å². The molecule has 0 aromatic heterocycles. The van der Waals surface area contributed by atoms with Crippen molar-refractivity contribution < 1.29 is 0 Å². The van der Waals surface area contributed by atoms with E-state index in [1.54, 1.807) is 12.1 Å². The van der Waals surface area contributed by atoms with Gasteiger partial charge >= 0.3 is 0 Å². The third-order valence-electron chi connectivity index (χ3n) is 2.89. The lowest BCUT2D eigenvalue weighted by molar-refractivity contribution is 0.923. The van der Waals surface area contributed by atoms with Gasteiger partial charge in [0.05, 0.1) is 20.1 Å². The molecule has 1 atom stereocenters. The minimum absolute atomic E-state index is 0.103. The van der Waals surface area contributed by atoms with Crippen molar-refractivity contribution in [2.75, 3.05) is 0 Å². The molecule has 2 aromatic carbocycles. The van der Waals surface area contributed by atoms with Crippen molar-refractivity contribution in [2.24, 2.45) is 0 Å². The molecule has 0 spiro atoms. The predicted molar refractivity (Wildman–Crippen MR) is 80.4 cm³/mol. The van der Waals surface area contributed by atoms with E-state index in [0.29, 0.717) is 20.1 Å². The third-order valence-corrected chi connectivity index (χ3v) is 4.46. The maximum absolute atomic E-state index is 6.22. The molecule has 0 radical (unpaired) electrons. The molecule has 2 rings (SSSR count). The molecule has 0 fully saturated rings. The number of halogens is 4. The molecule has 94 valence electrons. The highest BCUT2D eigenvalue weighted by Crippen LogP contribution is 2.36. The molecule has 1 unspecified atom stereocenters. The second kappa shape index (κ2) is 5.71. The van der Waals surface area contributed by atoms with Gasteiger partial charge in [0, 0.05) is 5.92 Å². The van der Waals surface area contributed by atoms with Gasteiger partial charge in [-0.15, -0.1) is 0 Å². The smallest absolute Gasteiger partial charge is 0.0630 e. The first-order valence-corrected chi connectivity index (χ1v) is 6.90. The van der Waals surface area contributed by atoms with E-state index in [1.807, 2.05) is 24.3 Å². The van der Waals surface area contributed by atoms with E-state index in [2.05, 4.69) is 6.92 Å². The first kappa shape index (κ1) is 14.0. The van der Waals surface area contributed by atoms with Crippen LogP contribution in [0.1, 0.15) is 24.0 Å². The van der Waals surface area contributed by atoms with Crippen LogP contribution in [0.2, 0.25) is 20.1 Å². The van der Waals surface area contributed by atoms with Gasteiger partial charge in [0.15, 0.2) is 0 Å². The maximum atomic E-state index is 6.22. The summed E-state index contributed by atoms with van der Waals surface area (Å²) in [5, 5.41) is 2.22. The fourth-order valence-corrected chi connectivity index (χ4v) is 2.59. The molecule has 0 aliphatic rings. The van der Waals surface area contributed by atoms with Gasteiger partial charge in [-0.3, -0.25) is 0 Å². The Morgan fingerprint density at radius 3 is 2.22 bits per heavy atom. The van der Waals surface area contributed by atoms with Gasteiger partial charge in [-0.2, -0.15) is 0 Å². The van der Waals surface area contributed by atoms with Crippen molar-refractivity contribution >= 4 is 46.4 Å². The molecule has 0 N–H and O–H groups in total. The Balaban J connectivity index is 2.44. The van der Waals surface area contributed by atoms with Crippen molar-refractivity contribution in [2.45, 2.75) is 12.8 Å². The Labute approximate surface area is 126 Å². The summed E-state index contributed by atoms with van der Waals surface area (Å²) >= 11 is 24.2. The van der Waals surface area contributed by atoms with Crippen LogP contribution in [-0.4, -0.2) is 0 Å². The van der Waals surface area contributed by atoms with E-state index in [0.717, 1.165) is 11.1 Å². The Morgan fingerprint density at radius 1 is 0.833 bits per heavy atom. The lowest BCUT2D eigenvalue weighted by Crippen LogP contribution is -1.97. The van der Waals surface area contributed by atoms with Crippen LogP contribution in [0.3, 0.4) is 0 Å². The van der Waals surface area contributed by atoms with Gasteiger partial charge in [0.1, 0.15) is 0 Å². The normalized spacial score (nSPS) is 12.5. The molecule has 0 amide bonds. The molecule has 4 heteroatoms. The monoisotopic (exact) mass is 318 g/mol. The van der Waals surface area contributed by atoms with E-state index in [1.165, 1.54) is 0 Å². The molecular formula is C14H10Cl4. The lowest BCUT2D eigenvalue weighted by Gasteiger charge is -2.15. The quantitative estimate of drug-likeness (QED) is 0.596. The minimum Gasteiger partial charge on any atom is -0.0827 e. The molecule has 0 nitrogen and oxygen atoms in total. The Bertz CT molecular complexity index is 578. The van der Waals surface area contributed by atoms with Gasteiger partial charge < -0.3 is 0 Å². The zero-order valence-electron chi connectivity index (χ0n) is 9.55. The third kappa shape index (κ3) is 2.78. The molecule has 0 aliphatic heterocycles. The average Bonchev–Trinajstić information content (AvgIpc) is 2.35. The lowest BCUT2D eigenvalue weighted by atomic mass is 9.93. The summed E-state index contributed by atoms with van der Waals surface area (Å²) in [6.45, 7) is 2.05. The summed E-state index contributed by atoms with van der Waals surface area (Å²) in [6, 6.07) is 11.2. The summed E-state index contributed by atoms with van der Waals surface area (Å²) in [5.41, 5.74) is 2.02. The highest BCUT2D eigenvalue weighted by atomic mass is 35.5. The Kier molecular flexibility index (Phi) is 4.45. The van der Waals surface area contributed by atoms with E-state index >= 15 is 0 Å². The van der Waals surface area contributed by atoms with Crippen molar-refractivity contribution in [1.82, 2.24) is 0 Å². The fraction of sp³-hybridized carbons (Fsp3) is 0.143. The largest absolute Gasteiger partial charge is 0.0827 e. The van der Waals surface area contributed by atoms with Crippen LogP contribution in [0, 0.1) is 0 Å². The van der Waals surface area contributed by atoms with Gasteiger partial charge in [-0.05, 0) is 29.3 Å². The molecular weight excluding hydrogens is 310 g/mol. The first-order valence-electron chi connectivity index (χ1n) is 5.39. The molecule has 0 bridgehead atoms. The number of hydrogen-bond donors (Lipinski definition) is 0. The number of rotatable bonds is 2. The van der Waals surface area contributed by atoms with Crippen molar-refractivity contribution in [3.8, 4) is 0 Å². The predicted octanol–water partition coefficient (Wildman–Crippen LogP) is 6.45. The van der Waals surface area contributed by atoms with Crippen LogP contribution >= 0.6 is 46.4 Å². The van der Waals surface area contributed by atoms with Crippen molar-refractivity contribution in [3.63, 3.8) is 0 Å². The molecule has 2 aromatic rings. The van der Waals surface area contributed by atoms with Crippen LogP contribution in [-0.2, 0) is 0 Å². The summed E-state index contributed by atoms with van der Waals surface area (Å²) in [7, 11) is 0. The molecule has 0 saturated carbocycles.